The number of nitrogens with one attached hydrogen (secondary N) is 2. The quantitative estimate of drug-likeness (QED) is 0.296. The molecule has 0 saturated carbocycles. The molecule has 0 radical (unpaired) electrons. The van der Waals surface area contributed by atoms with E-state index in [0.29, 0.717) is 13.2 Å². The molecular formula is C20H42N4O2. The molecule has 2 unspecified atom stereocenters. The summed E-state index contributed by atoms with van der Waals surface area (Å²) in [7, 11) is 1.69. The SMILES string of the molecule is CCNC(=NCCCOCCOC)NCCCCN1CC(C)CC(C)C1. The van der Waals surface area contributed by atoms with Crippen molar-refractivity contribution < 1.29 is 9.47 Å². The normalized spacial score (nSPS) is 21.8. The van der Waals surface area contributed by atoms with Crippen LogP contribution in [0.1, 0.15) is 46.5 Å². The molecule has 0 aromatic heterocycles. The first-order chi connectivity index (χ1) is 12.7. The maximum Gasteiger partial charge on any atom is 0.191 e. The maximum absolute atomic E-state index is 5.46. The minimum Gasteiger partial charge on any atom is -0.382 e. The van der Waals surface area contributed by atoms with Gasteiger partial charge in [-0.05, 0) is 51.0 Å². The average molecular weight is 371 g/mol. The molecule has 0 amide bonds. The summed E-state index contributed by atoms with van der Waals surface area (Å²) in [5, 5.41) is 6.76. The van der Waals surface area contributed by atoms with Crippen LogP contribution in [0.5, 0.6) is 0 Å². The molecule has 1 heterocycles. The van der Waals surface area contributed by atoms with Crippen LogP contribution >= 0.6 is 0 Å². The summed E-state index contributed by atoms with van der Waals surface area (Å²) in [6.07, 6.45) is 4.76. The fourth-order valence-electron chi connectivity index (χ4n) is 3.59. The van der Waals surface area contributed by atoms with Crippen molar-refractivity contribution in [2.75, 3.05) is 66.2 Å². The number of methoxy groups -OCH3 is 1. The van der Waals surface area contributed by atoms with Crippen molar-refractivity contribution in [1.82, 2.24) is 15.5 Å². The third-order valence-corrected chi connectivity index (χ3v) is 4.63. The molecule has 6 heteroatoms. The standard InChI is InChI=1S/C20H42N4O2/c1-5-21-20(23-10-8-12-26-14-13-25-4)22-9-6-7-11-24-16-18(2)15-19(3)17-24/h18-19H,5-17H2,1-4H3,(H2,21,22,23). The second kappa shape index (κ2) is 15.2. The first-order valence-electron chi connectivity index (χ1n) is 10.5. The lowest BCUT2D eigenvalue weighted by Gasteiger charge is -2.34. The number of hydrogen-bond acceptors (Lipinski definition) is 4. The zero-order chi connectivity index (χ0) is 19.0. The van der Waals surface area contributed by atoms with Crippen molar-refractivity contribution in [3.05, 3.63) is 0 Å². The van der Waals surface area contributed by atoms with Crippen LogP contribution in [-0.4, -0.2) is 77.1 Å². The average Bonchev–Trinajstić information content (AvgIpc) is 2.59. The fraction of sp³-hybridized carbons (Fsp3) is 0.950. The predicted molar refractivity (Wildman–Crippen MR) is 110 cm³/mol. The Morgan fingerprint density at radius 2 is 1.81 bits per heavy atom. The number of unbranched alkanes of at least 4 members (excludes halogenated alkanes) is 1. The Bertz CT molecular complexity index is 356. The van der Waals surface area contributed by atoms with Gasteiger partial charge in [-0.3, -0.25) is 4.99 Å². The molecular weight excluding hydrogens is 328 g/mol. The van der Waals surface area contributed by atoms with Gasteiger partial charge >= 0.3 is 0 Å². The Kier molecular flexibility index (Phi) is 13.6. The largest absolute Gasteiger partial charge is 0.382 e. The second-order valence-corrected chi connectivity index (χ2v) is 7.56. The molecule has 6 nitrogen and oxygen atoms in total. The van der Waals surface area contributed by atoms with Gasteiger partial charge in [-0.25, -0.2) is 0 Å². The number of aliphatic imine (C=N–C) groups is 1. The van der Waals surface area contributed by atoms with Gasteiger partial charge in [0.05, 0.1) is 13.2 Å². The van der Waals surface area contributed by atoms with Crippen molar-refractivity contribution in [1.29, 1.82) is 0 Å². The van der Waals surface area contributed by atoms with Crippen LogP contribution in [0.15, 0.2) is 4.99 Å². The molecule has 0 aromatic rings. The van der Waals surface area contributed by atoms with Crippen LogP contribution in [0.4, 0.5) is 0 Å². The van der Waals surface area contributed by atoms with Gasteiger partial charge in [0.15, 0.2) is 5.96 Å². The van der Waals surface area contributed by atoms with Crippen LogP contribution in [0.2, 0.25) is 0 Å². The van der Waals surface area contributed by atoms with Crippen LogP contribution in [-0.2, 0) is 9.47 Å². The minimum absolute atomic E-state index is 0.655. The van der Waals surface area contributed by atoms with Gasteiger partial charge in [-0.2, -0.15) is 0 Å². The fourth-order valence-corrected chi connectivity index (χ4v) is 3.59. The first-order valence-corrected chi connectivity index (χ1v) is 10.5. The van der Waals surface area contributed by atoms with Crippen LogP contribution in [0.25, 0.3) is 0 Å². The summed E-state index contributed by atoms with van der Waals surface area (Å²) in [5.41, 5.74) is 0. The van der Waals surface area contributed by atoms with Crippen LogP contribution < -0.4 is 10.6 Å². The number of piperidine rings is 1. The number of guanidine groups is 1. The van der Waals surface area contributed by atoms with E-state index in [1.165, 1.54) is 38.9 Å². The number of ether oxygens (including phenoxy) is 2. The number of nitrogens with zero attached hydrogens (tertiary/aromatic N) is 2. The Balaban J connectivity index is 2.09. The van der Waals surface area contributed by atoms with E-state index in [1.807, 2.05) is 0 Å². The van der Waals surface area contributed by atoms with Crippen LogP contribution in [0.3, 0.4) is 0 Å². The Labute approximate surface area is 161 Å². The summed E-state index contributed by atoms with van der Waals surface area (Å²) >= 11 is 0. The molecule has 0 bridgehead atoms. The lowest BCUT2D eigenvalue weighted by atomic mass is 9.92. The van der Waals surface area contributed by atoms with E-state index >= 15 is 0 Å². The lowest BCUT2D eigenvalue weighted by Crippen LogP contribution is -2.40. The van der Waals surface area contributed by atoms with E-state index in [2.05, 4.69) is 41.3 Å². The molecule has 1 rings (SSSR count). The van der Waals surface area contributed by atoms with Crippen molar-refractivity contribution in [3.63, 3.8) is 0 Å². The van der Waals surface area contributed by atoms with Crippen molar-refractivity contribution in [3.8, 4) is 0 Å². The molecule has 1 aliphatic rings. The van der Waals surface area contributed by atoms with E-state index < -0.39 is 0 Å². The van der Waals surface area contributed by atoms with E-state index in [1.54, 1.807) is 7.11 Å². The summed E-state index contributed by atoms with van der Waals surface area (Å²) in [5.74, 6) is 2.62. The van der Waals surface area contributed by atoms with E-state index in [4.69, 9.17) is 9.47 Å². The second-order valence-electron chi connectivity index (χ2n) is 7.56. The molecule has 2 N–H and O–H groups in total. The molecule has 154 valence electrons. The number of hydrogen-bond donors (Lipinski definition) is 2. The van der Waals surface area contributed by atoms with Gasteiger partial charge in [0.25, 0.3) is 0 Å². The molecule has 0 aromatic carbocycles. The smallest absolute Gasteiger partial charge is 0.191 e. The van der Waals surface area contributed by atoms with Gasteiger partial charge in [0, 0.05) is 46.4 Å². The lowest BCUT2D eigenvalue weighted by molar-refractivity contribution is 0.0702. The molecule has 1 fully saturated rings. The molecule has 1 saturated heterocycles. The van der Waals surface area contributed by atoms with Gasteiger partial charge in [-0.15, -0.1) is 0 Å². The molecule has 0 aliphatic carbocycles. The third-order valence-electron chi connectivity index (χ3n) is 4.63. The molecule has 0 spiro atoms. The highest BCUT2D eigenvalue weighted by atomic mass is 16.5. The highest BCUT2D eigenvalue weighted by molar-refractivity contribution is 5.79. The summed E-state index contributed by atoms with van der Waals surface area (Å²) in [6, 6.07) is 0. The topological polar surface area (TPSA) is 58.1 Å². The highest BCUT2D eigenvalue weighted by Gasteiger charge is 2.20. The Hall–Kier alpha value is -0.850. The number of likely N-dealkylation sites (tertiary alicyclic amines) is 1. The summed E-state index contributed by atoms with van der Waals surface area (Å²) in [4.78, 5) is 7.25. The molecule has 1 aliphatic heterocycles. The van der Waals surface area contributed by atoms with Crippen LogP contribution in [0, 0.1) is 11.8 Å². The van der Waals surface area contributed by atoms with E-state index in [0.717, 1.165) is 50.5 Å². The highest BCUT2D eigenvalue weighted by Crippen LogP contribution is 2.20. The summed E-state index contributed by atoms with van der Waals surface area (Å²) in [6.45, 7) is 15.3. The monoisotopic (exact) mass is 370 g/mol. The van der Waals surface area contributed by atoms with Gasteiger partial charge in [0.1, 0.15) is 0 Å². The van der Waals surface area contributed by atoms with Gasteiger partial charge in [-0.1, -0.05) is 13.8 Å². The number of rotatable bonds is 13. The zero-order valence-electron chi connectivity index (χ0n) is 17.6. The first kappa shape index (κ1) is 23.2. The van der Waals surface area contributed by atoms with E-state index in [-0.39, 0.29) is 0 Å². The van der Waals surface area contributed by atoms with Crippen molar-refractivity contribution in [2.45, 2.75) is 46.5 Å². The van der Waals surface area contributed by atoms with Crippen molar-refractivity contribution in [2.24, 2.45) is 16.8 Å². The van der Waals surface area contributed by atoms with Gasteiger partial charge < -0.3 is 25.0 Å². The zero-order valence-corrected chi connectivity index (χ0v) is 17.6. The Morgan fingerprint density at radius 3 is 2.50 bits per heavy atom. The Morgan fingerprint density at radius 1 is 1.04 bits per heavy atom. The summed E-state index contributed by atoms with van der Waals surface area (Å²) < 4.78 is 10.4. The van der Waals surface area contributed by atoms with E-state index in [9.17, 15) is 0 Å². The molecule has 26 heavy (non-hydrogen) atoms. The molecule has 2 atom stereocenters. The maximum atomic E-state index is 5.46. The van der Waals surface area contributed by atoms with Crippen molar-refractivity contribution >= 4 is 5.96 Å². The van der Waals surface area contributed by atoms with Gasteiger partial charge in [0.2, 0.25) is 0 Å². The third kappa shape index (κ3) is 11.7. The predicted octanol–water partition coefficient (Wildman–Crippen LogP) is 2.35. The minimum atomic E-state index is 0.655.